The lowest BCUT2D eigenvalue weighted by Crippen LogP contribution is -2.31. The lowest BCUT2D eigenvalue weighted by molar-refractivity contribution is -0.132. The summed E-state index contributed by atoms with van der Waals surface area (Å²) < 4.78 is 5.43. The summed E-state index contributed by atoms with van der Waals surface area (Å²) in [7, 11) is 0. The molecular formula is C21H18N4O2S. The van der Waals surface area contributed by atoms with Crippen molar-refractivity contribution in [3.63, 3.8) is 0 Å². The molecule has 140 valence electrons. The van der Waals surface area contributed by atoms with Crippen LogP contribution in [0.3, 0.4) is 0 Å². The number of furan rings is 1. The molecule has 4 aromatic heterocycles. The number of carbonyl (C=O) groups excluding carboxylic acids is 1. The average molecular weight is 390 g/mol. The molecule has 0 unspecified atom stereocenters. The van der Waals surface area contributed by atoms with Crippen molar-refractivity contribution in [2.24, 2.45) is 0 Å². The van der Waals surface area contributed by atoms with Gasteiger partial charge in [0.2, 0.25) is 5.91 Å². The number of nitrogens with zero attached hydrogens (tertiary/aromatic N) is 4. The number of rotatable bonds is 7. The molecule has 0 aliphatic rings. The van der Waals surface area contributed by atoms with Gasteiger partial charge in [-0.3, -0.25) is 14.8 Å². The Balaban J connectivity index is 1.49. The highest BCUT2D eigenvalue weighted by Crippen LogP contribution is 2.23. The molecular weight excluding hydrogens is 372 g/mol. The van der Waals surface area contributed by atoms with Crippen LogP contribution >= 0.6 is 11.3 Å². The fourth-order valence-electron chi connectivity index (χ4n) is 2.81. The minimum Gasteiger partial charge on any atom is -0.467 e. The summed E-state index contributed by atoms with van der Waals surface area (Å²) in [6.45, 7) is 0.868. The number of thiazole rings is 1. The van der Waals surface area contributed by atoms with Crippen LogP contribution in [0.1, 0.15) is 17.0 Å². The van der Waals surface area contributed by atoms with E-state index in [0.717, 1.165) is 27.6 Å². The summed E-state index contributed by atoms with van der Waals surface area (Å²) in [5, 5.41) is 2.79. The fourth-order valence-corrected chi connectivity index (χ4v) is 3.62. The third-order valence-electron chi connectivity index (χ3n) is 4.17. The molecule has 0 radical (unpaired) electrons. The highest BCUT2D eigenvalue weighted by atomic mass is 32.1. The number of pyridine rings is 2. The van der Waals surface area contributed by atoms with Crippen molar-refractivity contribution in [1.29, 1.82) is 0 Å². The van der Waals surface area contributed by atoms with E-state index in [0.29, 0.717) is 13.1 Å². The Morgan fingerprint density at radius 3 is 2.61 bits per heavy atom. The number of hydrogen-bond donors (Lipinski definition) is 0. The monoisotopic (exact) mass is 390 g/mol. The third-order valence-corrected chi connectivity index (χ3v) is 5.11. The molecule has 1 amide bonds. The average Bonchev–Trinajstić information content (AvgIpc) is 3.41. The molecule has 0 aliphatic carbocycles. The molecule has 4 aromatic rings. The van der Waals surface area contributed by atoms with Crippen molar-refractivity contribution >= 4 is 17.2 Å². The number of carbonyl (C=O) groups is 1. The van der Waals surface area contributed by atoms with E-state index < -0.39 is 0 Å². The zero-order valence-corrected chi connectivity index (χ0v) is 15.9. The van der Waals surface area contributed by atoms with Crippen molar-refractivity contribution < 1.29 is 9.21 Å². The molecule has 0 spiro atoms. The molecule has 0 atom stereocenters. The van der Waals surface area contributed by atoms with Crippen LogP contribution in [0.5, 0.6) is 0 Å². The van der Waals surface area contributed by atoms with Crippen molar-refractivity contribution in [1.82, 2.24) is 19.9 Å². The fraction of sp³-hybridized carbons (Fsp3) is 0.143. The van der Waals surface area contributed by atoms with Gasteiger partial charge in [-0.15, -0.1) is 11.3 Å². The van der Waals surface area contributed by atoms with Gasteiger partial charge < -0.3 is 9.32 Å². The molecule has 4 rings (SSSR count). The Morgan fingerprint density at radius 1 is 1.04 bits per heavy atom. The van der Waals surface area contributed by atoms with Gasteiger partial charge >= 0.3 is 0 Å². The molecule has 0 saturated heterocycles. The summed E-state index contributed by atoms with van der Waals surface area (Å²) >= 11 is 1.52. The lowest BCUT2D eigenvalue weighted by Gasteiger charge is -2.21. The quantitative estimate of drug-likeness (QED) is 0.477. The van der Waals surface area contributed by atoms with Crippen LogP contribution in [0.15, 0.2) is 77.2 Å². The largest absolute Gasteiger partial charge is 0.467 e. The second kappa shape index (κ2) is 8.58. The van der Waals surface area contributed by atoms with E-state index in [1.165, 1.54) is 11.3 Å². The Hall–Kier alpha value is -3.32. The normalized spacial score (nSPS) is 10.7. The molecule has 0 saturated carbocycles. The number of aromatic nitrogens is 3. The van der Waals surface area contributed by atoms with E-state index in [2.05, 4.69) is 15.0 Å². The van der Waals surface area contributed by atoms with Crippen molar-refractivity contribution in [2.45, 2.75) is 19.5 Å². The molecule has 4 heterocycles. The van der Waals surface area contributed by atoms with E-state index in [1.807, 2.05) is 41.8 Å². The first-order valence-corrected chi connectivity index (χ1v) is 9.70. The smallest absolute Gasteiger partial charge is 0.229 e. The van der Waals surface area contributed by atoms with E-state index >= 15 is 0 Å². The van der Waals surface area contributed by atoms with E-state index in [-0.39, 0.29) is 12.3 Å². The molecule has 0 aromatic carbocycles. The molecule has 0 fully saturated rings. The first-order chi connectivity index (χ1) is 13.8. The summed E-state index contributed by atoms with van der Waals surface area (Å²) in [5.74, 6) is 0.731. The summed E-state index contributed by atoms with van der Waals surface area (Å²) in [5.41, 5.74) is 2.68. The molecule has 0 aliphatic heterocycles. The molecule has 0 N–H and O–H groups in total. The zero-order valence-electron chi connectivity index (χ0n) is 15.1. The Kier molecular flexibility index (Phi) is 5.53. The Bertz CT molecular complexity index is 1020. The third kappa shape index (κ3) is 4.50. The zero-order chi connectivity index (χ0) is 19.2. The maximum Gasteiger partial charge on any atom is 0.229 e. The van der Waals surface area contributed by atoms with Crippen LogP contribution in [0, 0.1) is 0 Å². The van der Waals surface area contributed by atoms with Crippen LogP contribution in [-0.4, -0.2) is 25.8 Å². The van der Waals surface area contributed by atoms with E-state index in [9.17, 15) is 4.79 Å². The van der Waals surface area contributed by atoms with Crippen molar-refractivity contribution in [2.75, 3.05) is 0 Å². The molecule has 0 bridgehead atoms. The van der Waals surface area contributed by atoms with Gasteiger partial charge in [0.25, 0.3) is 0 Å². The van der Waals surface area contributed by atoms with Gasteiger partial charge in [-0.2, -0.15) is 0 Å². The number of amides is 1. The summed E-state index contributed by atoms with van der Waals surface area (Å²) in [4.78, 5) is 27.6. The van der Waals surface area contributed by atoms with Gasteiger partial charge in [0.1, 0.15) is 10.8 Å². The highest BCUT2D eigenvalue weighted by molar-refractivity contribution is 7.13. The predicted octanol–water partition coefficient (Wildman–Crippen LogP) is 3.96. The van der Waals surface area contributed by atoms with Crippen LogP contribution in [0.2, 0.25) is 0 Å². The van der Waals surface area contributed by atoms with Gasteiger partial charge in [-0.25, -0.2) is 4.98 Å². The van der Waals surface area contributed by atoms with Crippen molar-refractivity contribution in [3.8, 4) is 10.6 Å². The summed E-state index contributed by atoms with van der Waals surface area (Å²) in [6.07, 6.45) is 8.84. The first-order valence-electron chi connectivity index (χ1n) is 8.82. The maximum atomic E-state index is 13.0. The SMILES string of the molecule is O=C(Cc1csc(-c2cccnc2)n1)N(Cc1cccnc1)Cc1ccco1. The lowest BCUT2D eigenvalue weighted by atomic mass is 10.2. The molecule has 7 heteroatoms. The first kappa shape index (κ1) is 18.1. The predicted molar refractivity (Wildman–Crippen MR) is 106 cm³/mol. The molecule has 28 heavy (non-hydrogen) atoms. The second-order valence-electron chi connectivity index (χ2n) is 6.25. The van der Waals surface area contributed by atoms with E-state index in [1.54, 1.807) is 36.0 Å². The van der Waals surface area contributed by atoms with E-state index in [4.69, 9.17) is 4.42 Å². The summed E-state index contributed by atoms with van der Waals surface area (Å²) in [6, 6.07) is 11.4. The number of hydrogen-bond acceptors (Lipinski definition) is 6. The van der Waals surface area contributed by atoms with Crippen LogP contribution in [0.25, 0.3) is 10.6 Å². The molecule has 6 nitrogen and oxygen atoms in total. The highest BCUT2D eigenvalue weighted by Gasteiger charge is 2.18. The van der Waals surface area contributed by atoms with Gasteiger partial charge in [0, 0.05) is 42.3 Å². The Morgan fingerprint density at radius 2 is 1.89 bits per heavy atom. The van der Waals surface area contributed by atoms with Gasteiger partial charge in [-0.05, 0) is 35.9 Å². The van der Waals surface area contributed by atoms with Gasteiger partial charge in [0.15, 0.2) is 0 Å². The minimum absolute atomic E-state index is 0.0108. The van der Waals surface area contributed by atoms with Crippen LogP contribution in [0.4, 0.5) is 0 Å². The topological polar surface area (TPSA) is 72.1 Å². The van der Waals surface area contributed by atoms with Crippen LogP contribution in [-0.2, 0) is 24.3 Å². The second-order valence-corrected chi connectivity index (χ2v) is 7.11. The maximum absolute atomic E-state index is 13.0. The standard InChI is InChI=1S/C21H18N4O2S/c26-20(10-18-15-28-21(24-18)17-5-2-8-23-12-17)25(14-19-6-3-9-27-19)13-16-4-1-7-22-11-16/h1-9,11-12,15H,10,13-14H2. The van der Waals surface area contributed by atoms with Gasteiger partial charge in [0.05, 0.1) is 24.9 Å². The minimum atomic E-state index is -0.0108. The van der Waals surface area contributed by atoms with Crippen LogP contribution < -0.4 is 0 Å². The van der Waals surface area contributed by atoms with Crippen molar-refractivity contribution in [3.05, 3.63) is 89.8 Å². The van der Waals surface area contributed by atoms with Gasteiger partial charge in [-0.1, -0.05) is 6.07 Å². The Labute approximate surface area is 166 Å².